The van der Waals surface area contributed by atoms with Gasteiger partial charge in [0.05, 0.1) is 5.70 Å². The first-order chi connectivity index (χ1) is 8.00. The third-order valence-corrected chi connectivity index (χ3v) is 3.28. The first-order valence-corrected chi connectivity index (χ1v) is 4.93. The Labute approximate surface area is 119 Å². The smallest absolute Gasteiger partial charge is 0.332 e. The number of rotatable bonds is 0. The summed E-state index contributed by atoms with van der Waals surface area (Å²) in [4.78, 5) is 0. The first-order valence-electron chi connectivity index (χ1n) is 4.93. The number of aliphatic hydroxyl groups is 7. The van der Waals surface area contributed by atoms with Gasteiger partial charge in [-0.15, -0.1) is 0 Å². The van der Waals surface area contributed by atoms with Crippen molar-refractivity contribution in [2.24, 2.45) is 0 Å². The zero-order valence-corrected chi connectivity index (χ0v) is 9.96. The minimum absolute atomic E-state index is 0. The van der Waals surface area contributed by atoms with E-state index in [2.05, 4.69) is 0 Å². The Hall–Kier alpha value is -0.443. The molecule has 1 atom stereocenters. The summed E-state index contributed by atoms with van der Waals surface area (Å²) < 4.78 is 0. The Morgan fingerprint density at radius 3 is 2.00 bits per heavy atom. The summed E-state index contributed by atoms with van der Waals surface area (Å²) >= 11 is 0. The molecule has 103 valence electrons. The molecule has 1 aliphatic heterocycles. The van der Waals surface area contributed by atoms with E-state index in [1.807, 2.05) is 0 Å². The van der Waals surface area contributed by atoms with Gasteiger partial charge in [0.15, 0.2) is 5.60 Å². The molecule has 19 heavy (non-hydrogen) atoms. The molecule has 0 aromatic heterocycles. The van der Waals surface area contributed by atoms with Crippen molar-refractivity contribution >= 4 is 18.9 Å². The summed E-state index contributed by atoms with van der Waals surface area (Å²) in [6.07, 6.45) is 3.01. The molecule has 1 radical (unpaired) electrons. The van der Waals surface area contributed by atoms with Crippen molar-refractivity contribution in [1.29, 1.82) is 0 Å². The molecule has 2 aliphatic rings. The molecule has 2 rings (SSSR count). The largest absolute Gasteiger partial charge is 0.377 e. The van der Waals surface area contributed by atoms with Gasteiger partial charge in [0.2, 0.25) is 0 Å². The molecule has 0 amide bonds. The molecule has 1 saturated heterocycles. The minimum atomic E-state index is -4.04. The van der Waals surface area contributed by atoms with Gasteiger partial charge in [0, 0.05) is 25.3 Å². The zero-order valence-electron chi connectivity index (χ0n) is 9.96. The van der Waals surface area contributed by atoms with Crippen LogP contribution < -0.4 is 0 Å². The molecule has 1 aliphatic carbocycles. The van der Waals surface area contributed by atoms with Gasteiger partial charge in [-0.05, 0) is 6.08 Å². The van der Waals surface area contributed by atoms with Crippen molar-refractivity contribution in [2.75, 3.05) is 0 Å². The number of allylic oxidation sites excluding steroid dienone is 2. The second kappa shape index (κ2) is 4.27. The maximum Gasteiger partial charge on any atom is 0.332 e. The standard InChI is InChI=1S/C9H13NO8.Li/c11-6-4-2-1-3-5(6)10(18)9(16,17)8(14,15)7(6,12)13;/h1-3,11-18H,4H2;. The molecular weight excluding hydrogens is 257 g/mol. The van der Waals surface area contributed by atoms with Gasteiger partial charge < -0.3 is 35.7 Å². The molecule has 0 aromatic rings. The normalized spacial score (nSPS) is 34.1. The molecular formula is C9H13LiNO8. The molecule has 9 nitrogen and oxygen atoms in total. The van der Waals surface area contributed by atoms with Crippen LogP contribution in [-0.4, -0.2) is 88.0 Å². The summed E-state index contributed by atoms with van der Waals surface area (Å²) in [6.45, 7) is 0. The number of hydroxylamine groups is 2. The Kier molecular flexibility index (Phi) is 3.74. The summed E-state index contributed by atoms with van der Waals surface area (Å²) in [7, 11) is 0. The van der Waals surface area contributed by atoms with E-state index >= 15 is 0 Å². The number of piperidine rings is 1. The van der Waals surface area contributed by atoms with E-state index in [4.69, 9.17) is 0 Å². The second-order valence-corrected chi connectivity index (χ2v) is 4.34. The first kappa shape index (κ1) is 16.6. The third-order valence-electron chi connectivity index (χ3n) is 3.28. The topological polar surface area (TPSA) is 165 Å². The molecule has 1 heterocycles. The van der Waals surface area contributed by atoms with Crippen LogP contribution in [0.4, 0.5) is 0 Å². The summed E-state index contributed by atoms with van der Waals surface area (Å²) in [5.74, 6) is -11.6. The third kappa shape index (κ3) is 1.66. The molecule has 0 aromatic carbocycles. The number of hydrogen-bond acceptors (Lipinski definition) is 9. The Bertz CT molecular complexity index is 446. The van der Waals surface area contributed by atoms with E-state index in [-0.39, 0.29) is 18.9 Å². The summed E-state index contributed by atoms with van der Waals surface area (Å²) in [6, 6.07) is 0. The van der Waals surface area contributed by atoms with Crippen molar-refractivity contribution in [1.82, 2.24) is 5.06 Å². The van der Waals surface area contributed by atoms with Crippen LogP contribution in [0.3, 0.4) is 0 Å². The van der Waals surface area contributed by atoms with E-state index in [0.717, 1.165) is 6.08 Å². The number of hydrogen-bond donors (Lipinski definition) is 8. The fourth-order valence-electron chi connectivity index (χ4n) is 2.04. The Morgan fingerprint density at radius 2 is 1.47 bits per heavy atom. The van der Waals surface area contributed by atoms with Gasteiger partial charge in [-0.1, -0.05) is 12.2 Å². The van der Waals surface area contributed by atoms with Gasteiger partial charge in [0.25, 0.3) is 5.79 Å². The monoisotopic (exact) mass is 270 g/mol. The van der Waals surface area contributed by atoms with E-state index in [9.17, 15) is 41.0 Å². The van der Waals surface area contributed by atoms with Crippen LogP contribution in [0.15, 0.2) is 23.9 Å². The van der Waals surface area contributed by atoms with E-state index < -0.39 is 40.3 Å². The predicted octanol–water partition coefficient (Wildman–Crippen LogP) is -4.11. The van der Waals surface area contributed by atoms with Crippen LogP contribution >= 0.6 is 0 Å². The van der Waals surface area contributed by atoms with Crippen LogP contribution in [0, 0.1) is 0 Å². The van der Waals surface area contributed by atoms with Crippen LogP contribution in [0.25, 0.3) is 0 Å². The molecule has 0 saturated carbocycles. The minimum Gasteiger partial charge on any atom is -0.377 e. The molecule has 0 bridgehead atoms. The summed E-state index contributed by atoms with van der Waals surface area (Å²) in [5.41, 5.74) is -3.44. The van der Waals surface area contributed by atoms with Crippen molar-refractivity contribution in [3.8, 4) is 0 Å². The maximum absolute atomic E-state index is 10.1. The van der Waals surface area contributed by atoms with E-state index in [1.54, 1.807) is 0 Å². The number of nitrogens with zero attached hydrogens (tertiary/aromatic N) is 1. The fourth-order valence-corrected chi connectivity index (χ4v) is 2.04. The summed E-state index contributed by atoms with van der Waals surface area (Å²) in [5, 5.41) is 76.2. The molecule has 1 fully saturated rings. The zero-order chi connectivity index (χ0) is 14.0. The maximum atomic E-state index is 10.1. The second-order valence-electron chi connectivity index (χ2n) is 4.34. The molecule has 8 N–H and O–H groups in total. The quantitative estimate of drug-likeness (QED) is 0.161. The van der Waals surface area contributed by atoms with Crippen LogP contribution in [-0.2, 0) is 0 Å². The fraction of sp³-hybridized carbons (Fsp3) is 0.556. The average molecular weight is 270 g/mol. The van der Waals surface area contributed by atoms with Crippen molar-refractivity contribution < 1.29 is 41.0 Å². The van der Waals surface area contributed by atoms with Crippen LogP contribution in [0.5, 0.6) is 0 Å². The van der Waals surface area contributed by atoms with Gasteiger partial charge in [-0.3, -0.25) is 5.21 Å². The average Bonchev–Trinajstić information content (AvgIpc) is 2.26. The molecule has 0 spiro atoms. The van der Waals surface area contributed by atoms with Gasteiger partial charge in [-0.2, -0.15) is 5.06 Å². The predicted molar refractivity (Wildman–Crippen MR) is 57.7 cm³/mol. The van der Waals surface area contributed by atoms with Crippen molar-refractivity contribution in [3.63, 3.8) is 0 Å². The van der Waals surface area contributed by atoms with Crippen LogP contribution in [0.2, 0.25) is 0 Å². The molecule has 1 unspecified atom stereocenters. The number of fused-ring (bicyclic) bond motifs is 1. The van der Waals surface area contributed by atoms with Gasteiger partial charge >= 0.3 is 11.7 Å². The van der Waals surface area contributed by atoms with E-state index in [1.165, 1.54) is 12.2 Å². The van der Waals surface area contributed by atoms with Crippen molar-refractivity contribution in [2.45, 2.75) is 29.5 Å². The Morgan fingerprint density at radius 1 is 0.947 bits per heavy atom. The Balaban J connectivity index is 0.00000180. The van der Waals surface area contributed by atoms with E-state index in [0.29, 0.717) is 0 Å². The molecule has 10 heteroatoms. The SMILES string of the molecule is ON1C2=CC=CCC2(O)C(O)(O)C(O)(O)C1(O)O.[Li]. The van der Waals surface area contributed by atoms with Gasteiger partial charge in [-0.25, -0.2) is 0 Å². The van der Waals surface area contributed by atoms with Crippen LogP contribution in [0.1, 0.15) is 6.42 Å². The van der Waals surface area contributed by atoms with Gasteiger partial charge in [0.1, 0.15) is 0 Å². The van der Waals surface area contributed by atoms with Crippen molar-refractivity contribution in [3.05, 3.63) is 23.9 Å².